The molecule has 1 heterocycles. The monoisotopic (exact) mass is 429 g/mol. The Balaban J connectivity index is 2.12. The predicted molar refractivity (Wildman–Crippen MR) is 112 cm³/mol. The summed E-state index contributed by atoms with van der Waals surface area (Å²) in [6.07, 6.45) is 2.89. The zero-order chi connectivity index (χ0) is 21.7. The summed E-state index contributed by atoms with van der Waals surface area (Å²) < 4.78 is 37.0. The van der Waals surface area contributed by atoms with Crippen molar-refractivity contribution in [2.75, 3.05) is 27.2 Å². The van der Waals surface area contributed by atoms with Gasteiger partial charge in [-0.2, -0.15) is 0 Å². The summed E-state index contributed by atoms with van der Waals surface area (Å²) in [5.41, 5.74) is 1.36. The van der Waals surface area contributed by atoms with Crippen molar-refractivity contribution in [2.45, 2.75) is 10.6 Å². The smallest absolute Gasteiger partial charge is 0.339 e. The van der Waals surface area contributed by atoms with Crippen LogP contribution in [0, 0.1) is 0 Å². The van der Waals surface area contributed by atoms with Crippen LogP contribution in [0.15, 0.2) is 70.4 Å². The molecule has 0 radical (unpaired) electrons. The number of carboxylic acids is 1. The van der Waals surface area contributed by atoms with Crippen molar-refractivity contribution in [3.63, 3.8) is 0 Å². The molecule has 0 saturated carbocycles. The summed E-state index contributed by atoms with van der Waals surface area (Å²) in [5.74, 6) is -1.33. The number of carboxylic acid groups (broad SMARTS) is 1. The molecule has 0 saturated heterocycles. The van der Waals surface area contributed by atoms with Crippen molar-refractivity contribution in [3.8, 4) is 16.9 Å². The first kappa shape index (κ1) is 21.6. The van der Waals surface area contributed by atoms with E-state index in [4.69, 9.17) is 9.15 Å². The van der Waals surface area contributed by atoms with Gasteiger partial charge in [0, 0.05) is 17.7 Å². The van der Waals surface area contributed by atoms with Crippen LogP contribution in [-0.2, 0) is 15.6 Å². The highest BCUT2D eigenvalue weighted by Gasteiger charge is 2.25. The number of sulfone groups is 1. The highest BCUT2D eigenvalue weighted by atomic mass is 32.2. The molecule has 0 atom stereocenters. The van der Waals surface area contributed by atoms with E-state index in [0.717, 1.165) is 0 Å². The first-order valence-corrected chi connectivity index (χ1v) is 10.9. The van der Waals surface area contributed by atoms with Crippen LogP contribution >= 0.6 is 0 Å². The number of hydrogen-bond acceptors (Lipinski definition) is 6. The van der Waals surface area contributed by atoms with Gasteiger partial charge in [0.2, 0.25) is 0 Å². The minimum Gasteiger partial charge on any atom is -0.491 e. The Bertz CT molecular complexity index is 1110. The molecule has 8 heteroatoms. The Morgan fingerprint density at radius 1 is 1.10 bits per heavy atom. The maximum absolute atomic E-state index is 13.0. The average molecular weight is 429 g/mol. The van der Waals surface area contributed by atoms with Gasteiger partial charge in [0.05, 0.1) is 23.2 Å². The molecule has 0 aliphatic carbocycles. The molecule has 2 aromatic carbocycles. The fourth-order valence-electron chi connectivity index (χ4n) is 3.03. The lowest BCUT2D eigenvalue weighted by atomic mass is 9.98. The Morgan fingerprint density at radius 2 is 1.83 bits per heavy atom. The summed E-state index contributed by atoms with van der Waals surface area (Å²) >= 11 is 0. The Morgan fingerprint density at radius 3 is 2.43 bits per heavy atom. The van der Waals surface area contributed by atoms with Crippen LogP contribution in [0.3, 0.4) is 0 Å². The number of likely N-dealkylation sites (N-methyl/N-ethyl adjacent to an activating group) is 1. The highest BCUT2D eigenvalue weighted by Crippen LogP contribution is 2.38. The van der Waals surface area contributed by atoms with Crippen LogP contribution in [0.1, 0.15) is 15.9 Å². The van der Waals surface area contributed by atoms with Gasteiger partial charge in [-0.3, -0.25) is 0 Å². The van der Waals surface area contributed by atoms with Crippen molar-refractivity contribution < 1.29 is 27.5 Å². The molecule has 158 valence electrons. The molecule has 0 aliphatic rings. The maximum atomic E-state index is 13.0. The van der Waals surface area contributed by atoms with Crippen molar-refractivity contribution in [3.05, 3.63) is 72.2 Å². The largest absolute Gasteiger partial charge is 0.491 e. The van der Waals surface area contributed by atoms with Crippen LogP contribution in [0.4, 0.5) is 0 Å². The van der Waals surface area contributed by atoms with Gasteiger partial charge in [-0.15, -0.1) is 0 Å². The van der Waals surface area contributed by atoms with Gasteiger partial charge in [-0.05, 0) is 43.9 Å². The van der Waals surface area contributed by atoms with Crippen LogP contribution < -0.4 is 4.74 Å². The van der Waals surface area contributed by atoms with E-state index >= 15 is 0 Å². The van der Waals surface area contributed by atoms with Gasteiger partial charge in [-0.25, -0.2) is 13.2 Å². The molecule has 1 aromatic heterocycles. The SMILES string of the molecule is CN(C)CCOc1c(C(=O)O)ccc(CS(=O)(=O)c2ccccc2)c1-c1ccoc1. The molecule has 0 bridgehead atoms. The third-order valence-electron chi connectivity index (χ3n) is 4.52. The third kappa shape index (κ3) is 4.90. The Hall–Kier alpha value is -3.10. The fourth-order valence-corrected chi connectivity index (χ4v) is 4.42. The van der Waals surface area contributed by atoms with E-state index in [2.05, 4.69) is 0 Å². The van der Waals surface area contributed by atoms with E-state index < -0.39 is 15.8 Å². The average Bonchev–Trinajstić information content (AvgIpc) is 3.22. The fraction of sp³-hybridized carbons (Fsp3) is 0.227. The topological polar surface area (TPSA) is 97.0 Å². The quantitative estimate of drug-likeness (QED) is 0.555. The molecule has 30 heavy (non-hydrogen) atoms. The molecular weight excluding hydrogens is 406 g/mol. The first-order chi connectivity index (χ1) is 14.3. The number of rotatable bonds is 9. The highest BCUT2D eigenvalue weighted by molar-refractivity contribution is 7.90. The van der Waals surface area contributed by atoms with E-state index in [9.17, 15) is 18.3 Å². The van der Waals surface area contributed by atoms with Gasteiger partial charge >= 0.3 is 5.97 Å². The minimum atomic E-state index is -3.65. The van der Waals surface area contributed by atoms with Crippen LogP contribution in [0.5, 0.6) is 5.75 Å². The molecular formula is C22H23NO6S. The van der Waals surface area contributed by atoms with Gasteiger partial charge in [0.1, 0.15) is 17.9 Å². The summed E-state index contributed by atoms with van der Waals surface area (Å²) in [5, 5.41) is 9.67. The lowest BCUT2D eigenvalue weighted by Crippen LogP contribution is -2.20. The van der Waals surface area contributed by atoms with Gasteiger partial charge in [0.25, 0.3) is 0 Å². The van der Waals surface area contributed by atoms with Crippen molar-refractivity contribution in [2.24, 2.45) is 0 Å². The minimum absolute atomic E-state index is 0.0363. The number of carbonyl (C=O) groups is 1. The van der Waals surface area contributed by atoms with E-state index in [1.54, 1.807) is 24.3 Å². The summed E-state index contributed by atoms with van der Waals surface area (Å²) in [6, 6.07) is 12.7. The lowest BCUT2D eigenvalue weighted by molar-refractivity contribution is 0.0692. The first-order valence-electron chi connectivity index (χ1n) is 9.26. The second-order valence-electron chi connectivity index (χ2n) is 7.02. The number of benzene rings is 2. The maximum Gasteiger partial charge on any atom is 0.339 e. The van der Waals surface area contributed by atoms with Gasteiger partial charge in [0.15, 0.2) is 9.84 Å². The van der Waals surface area contributed by atoms with E-state index in [1.807, 2.05) is 19.0 Å². The second kappa shape index (κ2) is 9.15. The van der Waals surface area contributed by atoms with Crippen LogP contribution in [0.2, 0.25) is 0 Å². The zero-order valence-corrected chi connectivity index (χ0v) is 17.6. The number of furan rings is 1. The molecule has 0 spiro atoms. The molecule has 7 nitrogen and oxygen atoms in total. The normalized spacial score (nSPS) is 11.6. The van der Waals surface area contributed by atoms with Crippen molar-refractivity contribution >= 4 is 15.8 Å². The molecule has 0 fully saturated rings. The Kier molecular flexibility index (Phi) is 6.59. The number of aromatic carboxylic acids is 1. The number of ether oxygens (including phenoxy) is 1. The predicted octanol–water partition coefficient (Wildman–Crippen LogP) is 3.56. The third-order valence-corrected chi connectivity index (χ3v) is 6.20. The van der Waals surface area contributed by atoms with E-state index in [0.29, 0.717) is 23.2 Å². The molecule has 0 amide bonds. The van der Waals surface area contributed by atoms with E-state index in [-0.39, 0.29) is 28.6 Å². The zero-order valence-electron chi connectivity index (χ0n) is 16.7. The molecule has 1 N–H and O–H groups in total. The van der Waals surface area contributed by atoms with Crippen LogP contribution in [-0.4, -0.2) is 51.6 Å². The second-order valence-corrected chi connectivity index (χ2v) is 9.01. The standard InChI is InChI=1S/C22H23NO6S/c1-23(2)11-13-29-21-19(22(24)25)9-8-17(20(21)16-10-12-28-14-16)15-30(26,27)18-6-4-3-5-7-18/h3-10,12,14H,11,13,15H2,1-2H3,(H,24,25). The van der Waals surface area contributed by atoms with Crippen molar-refractivity contribution in [1.82, 2.24) is 4.90 Å². The van der Waals surface area contributed by atoms with Crippen molar-refractivity contribution in [1.29, 1.82) is 0 Å². The molecule has 0 aliphatic heterocycles. The molecule has 0 unspecified atom stereocenters. The summed E-state index contributed by atoms with van der Waals surface area (Å²) in [4.78, 5) is 13.9. The lowest BCUT2D eigenvalue weighted by Gasteiger charge is -2.18. The molecule has 3 rings (SSSR count). The van der Waals surface area contributed by atoms with E-state index in [1.165, 1.54) is 36.8 Å². The summed E-state index contributed by atoms with van der Waals surface area (Å²) in [7, 11) is 0.100. The Labute approximate surface area is 175 Å². The summed E-state index contributed by atoms with van der Waals surface area (Å²) in [6.45, 7) is 0.809. The number of nitrogens with zero attached hydrogens (tertiary/aromatic N) is 1. The number of hydrogen-bond donors (Lipinski definition) is 1. The molecule has 3 aromatic rings. The van der Waals surface area contributed by atoms with Gasteiger partial charge < -0.3 is 19.2 Å². The van der Waals surface area contributed by atoms with Crippen LogP contribution in [0.25, 0.3) is 11.1 Å². The van der Waals surface area contributed by atoms with Gasteiger partial charge in [-0.1, -0.05) is 24.3 Å².